The molecule has 2 N–H and O–H groups in total. The number of nitrogens with one attached hydrogen (secondary N) is 2. The van der Waals surface area contributed by atoms with Gasteiger partial charge in [0, 0.05) is 11.1 Å². The predicted octanol–water partition coefficient (Wildman–Crippen LogP) is 2.55. The Balaban J connectivity index is 1.75. The minimum atomic E-state index is -0.373. The molecule has 1 aliphatic rings. The second-order valence-corrected chi connectivity index (χ2v) is 6.12. The topological polar surface area (TPSA) is 83.6 Å². The van der Waals surface area contributed by atoms with Gasteiger partial charge in [-0.15, -0.1) is 5.10 Å². The van der Waals surface area contributed by atoms with E-state index in [4.69, 9.17) is 0 Å². The van der Waals surface area contributed by atoms with Crippen molar-refractivity contribution in [1.29, 1.82) is 0 Å². The number of hydrogen-bond acceptors (Lipinski definition) is 4. The van der Waals surface area contributed by atoms with E-state index in [0.29, 0.717) is 23.4 Å². The van der Waals surface area contributed by atoms with Crippen LogP contribution in [0, 0.1) is 18.3 Å². The Morgan fingerprint density at radius 1 is 1.33 bits per heavy atom. The summed E-state index contributed by atoms with van der Waals surface area (Å²) in [5.74, 6) is 1.28. The molecule has 0 bridgehead atoms. The highest BCUT2D eigenvalue weighted by Crippen LogP contribution is 2.45. The number of carbonyl (C=O) groups is 1. The number of amides is 1. The Hall–Kier alpha value is -2.24. The average Bonchev–Trinajstić information content (AvgIpc) is 3.20. The van der Waals surface area contributed by atoms with Crippen LogP contribution >= 0.6 is 0 Å². The Bertz CT molecular complexity index is 672. The number of anilines is 1. The SMILES string of the molecule is Cc1cccc(-c2nc(NC(=O)C(C)(C)C3CC3)n[nH]2)n1. The highest BCUT2D eigenvalue weighted by atomic mass is 16.2. The normalized spacial score (nSPS) is 15.0. The Morgan fingerprint density at radius 2 is 2.10 bits per heavy atom. The van der Waals surface area contributed by atoms with Crippen molar-refractivity contribution in [2.75, 3.05) is 5.32 Å². The summed E-state index contributed by atoms with van der Waals surface area (Å²) in [6.07, 6.45) is 2.24. The standard InChI is InChI=1S/C15H19N5O/c1-9-5-4-6-11(16-9)12-17-14(20-19-12)18-13(21)15(2,3)10-7-8-10/h4-6,10H,7-8H2,1-3H3,(H2,17,18,19,20,21). The van der Waals surface area contributed by atoms with Crippen molar-refractivity contribution in [3.63, 3.8) is 0 Å². The summed E-state index contributed by atoms with van der Waals surface area (Å²) in [5.41, 5.74) is 1.25. The van der Waals surface area contributed by atoms with E-state index in [9.17, 15) is 4.79 Å². The van der Waals surface area contributed by atoms with E-state index < -0.39 is 0 Å². The van der Waals surface area contributed by atoms with Crippen LogP contribution in [0.4, 0.5) is 5.95 Å². The highest BCUT2D eigenvalue weighted by Gasteiger charge is 2.43. The van der Waals surface area contributed by atoms with Gasteiger partial charge in [-0.05, 0) is 37.8 Å². The van der Waals surface area contributed by atoms with Gasteiger partial charge in [-0.25, -0.2) is 4.98 Å². The molecule has 1 aliphatic carbocycles. The van der Waals surface area contributed by atoms with Gasteiger partial charge in [0.25, 0.3) is 0 Å². The van der Waals surface area contributed by atoms with Crippen molar-refractivity contribution in [1.82, 2.24) is 20.2 Å². The van der Waals surface area contributed by atoms with Crippen molar-refractivity contribution >= 4 is 11.9 Å². The molecule has 0 atom stereocenters. The van der Waals surface area contributed by atoms with E-state index in [-0.39, 0.29) is 11.3 Å². The Kier molecular flexibility index (Phi) is 3.23. The predicted molar refractivity (Wildman–Crippen MR) is 79.5 cm³/mol. The second-order valence-electron chi connectivity index (χ2n) is 6.12. The molecule has 1 amide bonds. The lowest BCUT2D eigenvalue weighted by atomic mass is 9.86. The van der Waals surface area contributed by atoms with Gasteiger partial charge in [0.2, 0.25) is 11.9 Å². The third-order valence-electron chi connectivity index (χ3n) is 4.02. The quantitative estimate of drug-likeness (QED) is 0.904. The molecule has 0 saturated heterocycles. The average molecular weight is 285 g/mol. The molecular formula is C15H19N5O. The van der Waals surface area contributed by atoms with Crippen molar-refractivity contribution in [2.45, 2.75) is 33.6 Å². The van der Waals surface area contributed by atoms with Crippen molar-refractivity contribution in [3.05, 3.63) is 23.9 Å². The van der Waals surface area contributed by atoms with Crippen LogP contribution in [-0.4, -0.2) is 26.1 Å². The van der Waals surface area contributed by atoms with Crippen LogP contribution in [0.1, 0.15) is 32.4 Å². The van der Waals surface area contributed by atoms with Crippen LogP contribution < -0.4 is 5.32 Å². The van der Waals surface area contributed by atoms with E-state index in [0.717, 1.165) is 18.5 Å². The largest absolute Gasteiger partial charge is 0.293 e. The van der Waals surface area contributed by atoms with Crippen molar-refractivity contribution in [3.8, 4) is 11.5 Å². The molecule has 1 fully saturated rings. The molecule has 6 nitrogen and oxygen atoms in total. The third kappa shape index (κ3) is 2.79. The summed E-state index contributed by atoms with van der Waals surface area (Å²) in [4.78, 5) is 21.0. The van der Waals surface area contributed by atoms with E-state index >= 15 is 0 Å². The van der Waals surface area contributed by atoms with Gasteiger partial charge in [0.1, 0.15) is 5.69 Å². The third-order valence-corrected chi connectivity index (χ3v) is 4.02. The summed E-state index contributed by atoms with van der Waals surface area (Å²) in [6, 6.07) is 5.68. The van der Waals surface area contributed by atoms with Gasteiger partial charge in [-0.1, -0.05) is 19.9 Å². The van der Waals surface area contributed by atoms with Crippen LogP contribution in [0.3, 0.4) is 0 Å². The summed E-state index contributed by atoms with van der Waals surface area (Å²) in [7, 11) is 0. The van der Waals surface area contributed by atoms with Gasteiger partial charge in [0.05, 0.1) is 0 Å². The van der Waals surface area contributed by atoms with E-state index in [1.54, 1.807) is 0 Å². The molecule has 3 rings (SSSR count). The van der Waals surface area contributed by atoms with Crippen LogP contribution in [0.2, 0.25) is 0 Å². The van der Waals surface area contributed by atoms with Crippen LogP contribution in [0.15, 0.2) is 18.2 Å². The number of aromatic nitrogens is 4. The molecule has 0 aliphatic heterocycles. The van der Waals surface area contributed by atoms with E-state index in [2.05, 4.69) is 25.5 Å². The van der Waals surface area contributed by atoms with Crippen LogP contribution in [-0.2, 0) is 4.79 Å². The van der Waals surface area contributed by atoms with Gasteiger partial charge >= 0.3 is 0 Å². The molecule has 1 saturated carbocycles. The van der Waals surface area contributed by atoms with Crippen LogP contribution in [0.5, 0.6) is 0 Å². The Labute approximate surface area is 123 Å². The monoisotopic (exact) mass is 285 g/mol. The van der Waals surface area contributed by atoms with Gasteiger partial charge in [-0.2, -0.15) is 4.98 Å². The van der Waals surface area contributed by atoms with Gasteiger partial charge in [-0.3, -0.25) is 15.2 Å². The molecule has 110 valence electrons. The first kappa shape index (κ1) is 13.7. The maximum Gasteiger partial charge on any atom is 0.249 e. The number of nitrogens with zero attached hydrogens (tertiary/aromatic N) is 3. The minimum Gasteiger partial charge on any atom is -0.293 e. The maximum atomic E-state index is 12.3. The van der Waals surface area contributed by atoms with Gasteiger partial charge < -0.3 is 0 Å². The first-order valence-electron chi connectivity index (χ1n) is 7.14. The molecule has 6 heteroatoms. The lowest BCUT2D eigenvalue weighted by molar-refractivity contribution is -0.125. The number of H-pyrrole nitrogens is 1. The second kappa shape index (κ2) is 4.95. The molecule has 0 radical (unpaired) electrons. The lowest BCUT2D eigenvalue weighted by Crippen LogP contribution is -2.32. The number of hydrogen-bond donors (Lipinski definition) is 2. The summed E-state index contributed by atoms with van der Waals surface area (Å²) in [6.45, 7) is 5.85. The molecular weight excluding hydrogens is 266 g/mol. The van der Waals surface area contributed by atoms with Gasteiger partial charge in [0.15, 0.2) is 5.82 Å². The fourth-order valence-corrected chi connectivity index (χ4v) is 2.36. The zero-order valence-electron chi connectivity index (χ0n) is 12.5. The van der Waals surface area contributed by atoms with E-state index in [1.807, 2.05) is 39.0 Å². The number of rotatable bonds is 4. The first-order valence-corrected chi connectivity index (χ1v) is 7.14. The highest BCUT2D eigenvalue weighted by molar-refractivity contribution is 5.93. The Morgan fingerprint density at radius 3 is 2.76 bits per heavy atom. The maximum absolute atomic E-state index is 12.3. The number of pyridine rings is 1. The number of carbonyl (C=O) groups excluding carboxylic acids is 1. The molecule has 0 aromatic carbocycles. The summed E-state index contributed by atoms with van der Waals surface area (Å²) >= 11 is 0. The molecule has 0 unspecified atom stereocenters. The smallest absolute Gasteiger partial charge is 0.249 e. The van der Waals surface area contributed by atoms with Crippen molar-refractivity contribution < 1.29 is 4.79 Å². The first-order chi connectivity index (χ1) is 9.96. The molecule has 21 heavy (non-hydrogen) atoms. The van der Waals surface area contributed by atoms with Crippen molar-refractivity contribution in [2.24, 2.45) is 11.3 Å². The molecule has 2 aromatic rings. The zero-order valence-corrected chi connectivity index (χ0v) is 12.5. The fraction of sp³-hybridized carbons (Fsp3) is 0.467. The molecule has 2 heterocycles. The fourth-order valence-electron chi connectivity index (χ4n) is 2.36. The summed E-state index contributed by atoms with van der Waals surface area (Å²) < 4.78 is 0. The van der Waals surface area contributed by atoms with E-state index in [1.165, 1.54) is 0 Å². The molecule has 2 aromatic heterocycles. The minimum absolute atomic E-state index is 0.0345. The number of aromatic amines is 1. The van der Waals surface area contributed by atoms with Crippen LogP contribution in [0.25, 0.3) is 11.5 Å². The summed E-state index contributed by atoms with van der Waals surface area (Å²) in [5, 5.41) is 9.65. The molecule has 0 spiro atoms. The zero-order chi connectivity index (χ0) is 15.0. The lowest BCUT2D eigenvalue weighted by Gasteiger charge is -2.21. The number of aryl methyl sites for hydroxylation is 1.